The van der Waals surface area contributed by atoms with Crippen molar-refractivity contribution in [1.82, 2.24) is 9.47 Å². The van der Waals surface area contributed by atoms with E-state index in [1.165, 1.54) is 42.1 Å². The number of nitrogens with zero attached hydrogens (tertiary/aromatic N) is 2. The van der Waals surface area contributed by atoms with Crippen LogP contribution in [-0.2, 0) is 7.05 Å². The maximum atomic E-state index is 13.8. The van der Waals surface area contributed by atoms with Crippen molar-refractivity contribution in [3.05, 3.63) is 64.3 Å². The van der Waals surface area contributed by atoms with E-state index in [0.717, 1.165) is 25.0 Å². The number of carbonyl (C=O) groups excluding carboxylic acids is 1. The lowest BCUT2D eigenvalue weighted by Gasteiger charge is -2.34. The molecule has 2 heterocycles. The Kier molecular flexibility index (Phi) is 6.62. The number of halogens is 4. The molecule has 5 nitrogen and oxygen atoms in total. The molecular weight excluding hydrogens is 464 g/mol. The predicted octanol–water partition coefficient (Wildman–Crippen LogP) is 5.75. The molecule has 0 saturated carbocycles. The molecule has 1 aliphatic heterocycles. The number of carbonyl (C=O) groups is 1. The van der Waals surface area contributed by atoms with Crippen LogP contribution >= 0.6 is 0 Å². The van der Waals surface area contributed by atoms with E-state index in [-0.39, 0.29) is 10.9 Å². The lowest BCUT2D eigenvalue weighted by Crippen LogP contribution is -2.39. The van der Waals surface area contributed by atoms with Gasteiger partial charge < -0.3 is 14.2 Å². The summed E-state index contributed by atoms with van der Waals surface area (Å²) in [4.78, 5) is 27.2. The number of hydrogen-bond acceptors (Lipinski definition) is 3. The number of rotatable bonds is 4. The molecule has 1 aliphatic rings. The first kappa shape index (κ1) is 24.8. The largest absolute Gasteiger partial charge is 0.573 e. The van der Waals surface area contributed by atoms with Gasteiger partial charge in [-0.15, -0.1) is 13.2 Å². The van der Waals surface area contributed by atoms with Gasteiger partial charge in [0.15, 0.2) is 0 Å². The number of hydrogen-bond donors (Lipinski definition) is 0. The first-order chi connectivity index (χ1) is 16.4. The molecule has 186 valence electrons. The van der Waals surface area contributed by atoms with Crippen molar-refractivity contribution in [2.75, 3.05) is 13.1 Å². The van der Waals surface area contributed by atoms with Gasteiger partial charge in [-0.1, -0.05) is 26.0 Å². The van der Waals surface area contributed by atoms with Crippen molar-refractivity contribution in [3.63, 3.8) is 0 Å². The van der Waals surface area contributed by atoms with E-state index in [2.05, 4.69) is 18.6 Å². The third kappa shape index (κ3) is 5.18. The topological polar surface area (TPSA) is 51.5 Å². The molecule has 0 bridgehead atoms. The molecule has 9 heteroatoms. The normalized spacial score (nSPS) is 15.1. The zero-order valence-corrected chi connectivity index (χ0v) is 19.7. The summed E-state index contributed by atoms with van der Waals surface area (Å²) in [6, 6.07) is 7.64. The van der Waals surface area contributed by atoms with Crippen LogP contribution in [0, 0.1) is 17.7 Å². The van der Waals surface area contributed by atoms with Gasteiger partial charge in [0.1, 0.15) is 11.6 Å². The number of piperidine rings is 1. The molecule has 3 aromatic rings. The van der Waals surface area contributed by atoms with Crippen molar-refractivity contribution in [1.29, 1.82) is 0 Å². The number of pyridine rings is 1. The second-order valence-electron chi connectivity index (χ2n) is 9.28. The lowest BCUT2D eigenvalue weighted by molar-refractivity contribution is -0.274. The van der Waals surface area contributed by atoms with Crippen LogP contribution in [0.1, 0.15) is 37.0 Å². The minimum absolute atomic E-state index is 0.0940. The highest BCUT2D eigenvalue weighted by molar-refractivity contribution is 6.00. The molecule has 35 heavy (non-hydrogen) atoms. The van der Waals surface area contributed by atoms with E-state index in [9.17, 15) is 27.2 Å². The molecule has 4 rings (SSSR count). The van der Waals surface area contributed by atoms with Crippen molar-refractivity contribution >= 4 is 16.7 Å². The second-order valence-corrected chi connectivity index (χ2v) is 9.28. The summed E-state index contributed by atoms with van der Waals surface area (Å²) in [7, 11) is 1.47. The summed E-state index contributed by atoms with van der Waals surface area (Å²) in [5.41, 5.74) is 0.0817. The van der Waals surface area contributed by atoms with Crippen LogP contribution in [0.3, 0.4) is 0 Å². The number of benzene rings is 2. The van der Waals surface area contributed by atoms with Gasteiger partial charge in [-0.25, -0.2) is 4.39 Å². The number of fused-ring (bicyclic) bond motifs is 1. The fourth-order valence-corrected chi connectivity index (χ4v) is 4.69. The summed E-state index contributed by atoms with van der Waals surface area (Å²) in [5.74, 6) is -0.800. The molecule has 1 aromatic heterocycles. The third-order valence-corrected chi connectivity index (χ3v) is 6.66. The van der Waals surface area contributed by atoms with E-state index in [4.69, 9.17) is 0 Å². The Balaban J connectivity index is 1.77. The highest BCUT2D eigenvalue weighted by atomic mass is 19.4. The van der Waals surface area contributed by atoms with Gasteiger partial charge in [0.05, 0.1) is 10.9 Å². The first-order valence-electron chi connectivity index (χ1n) is 11.4. The van der Waals surface area contributed by atoms with E-state index in [0.29, 0.717) is 41.4 Å². The van der Waals surface area contributed by atoms with Crippen molar-refractivity contribution in [3.8, 4) is 16.9 Å². The van der Waals surface area contributed by atoms with E-state index in [1.54, 1.807) is 4.90 Å². The summed E-state index contributed by atoms with van der Waals surface area (Å²) < 4.78 is 59.1. The zero-order valence-electron chi connectivity index (χ0n) is 19.7. The van der Waals surface area contributed by atoms with Gasteiger partial charge in [0.25, 0.3) is 11.5 Å². The van der Waals surface area contributed by atoms with Gasteiger partial charge in [-0.3, -0.25) is 9.59 Å². The average Bonchev–Trinajstić information content (AvgIpc) is 2.80. The van der Waals surface area contributed by atoms with Crippen molar-refractivity contribution in [2.24, 2.45) is 18.9 Å². The number of alkyl halides is 3. The molecule has 1 saturated heterocycles. The Hall–Kier alpha value is -3.36. The Labute approximate surface area is 199 Å². The van der Waals surface area contributed by atoms with Crippen LogP contribution in [-0.4, -0.2) is 34.8 Å². The van der Waals surface area contributed by atoms with Crippen LogP contribution in [0.25, 0.3) is 21.9 Å². The Bertz CT molecular complexity index is 1320. The minimum Gasteiger partial charge on any atom is -0.405 e. The average molecular weight is 490 g/mol. The molecule has 0 N–H and O–H groups in total. The van der Waals surface area contributed by atoms with Crippen LogP contribution in [0.2, 0.25) is 0 Å². The number of amides is 1. The predicted molar refractivity (Wildman–Crippen MR) is 125 cm³/mol. The number of likely N-dealkylation sites (tertiary alicyclic amines) is 1. The highest BCUT2D eigenvalue weighted by Gasteiger charge is 2.34. The number of aromatic nitrogens is 1. The van der Waals surface area contributed by atoms with Gasteiger partial charge >= 0.3 is 6.36 Å². The molecule has 0 unspecified atom stereocenters. The second kappa shape index (κ2) is 9.36. The van der Waals surface area contributed by atoms with Crippen LogP contribution in [0.5, 0.6) is 5.75 Å². The quantitative estimate of drug-likeness (QED) is 0.438. The summed E-state index contributed by atoms with van der Waals surface area (Å²) in [6.07, 6.45) is -1.96. The fourth-order valence-electron chi connectivity index (χ4n) is 4.69. The van der Waals surface area contributed by atoms with Gasteiger partial charge in [-0.05, 0) is 59.9 Å². The Morgan fingerprint density at radius 1 is 1.06 bits per heavy atom. The zero-order chi connectivity index (χ0) is 25.5. The van der Waals surface area contributed by atoms with Crippen molar-refractivity contribution < 1.29 is 27.1 Å². The summed E-state index contributed by atoms with van der Waals surface area (Å²) in [5, 5.41) is 0.471. The van der Waals surface area contributed by atoms with Gasteiger partial charge in [0, 0.05) is 31.9 Å². The summed E-state index contributed by atoms with van der Waals surface area (Å²) >= 11 is 0. The molecule has 0 aliphatic carbocycles. The maximum Gasteiger partial charge on any atom is 0.573 e. The van der Waals surface area contributed by atoms with Crippen molar-refractivity contribution in [2.45, 2.75) is 33.1 Å². The highest BCUT2D eigenvalue weighted by Crippen LogP contribution is 2.35. The SMILES string of the molecule is CC(C)C1CCN(C(=O)c2ccc(-c3cn(C)c(=O)c4cc(F)ccc34)cc2OC(F)(F)F)CC1. The fraction of sp³-hybridized carbons (Fsp3) is 0.385. The van der Waals surface area contributed by atoms with E-state index < -0.39 is 29.4 Å². The minimum atomic E-state index is -5.01. The molecule has 1 fully saturated rings. The molecule has 1 amide bonds. The molecule has 0 radical (unpaired) electrons. The Morgan fingerprint density at radius 2 is 1.74 bits per heavy atom. The van der Waals surface area contributed by atoms with Gasteiger partial charge in [-0.2, -0.15) is 0 Å². The monoisotopic (exact) mass is 490 g/mol. The molecular formula is C26H26F4N2O3. The third-order valence-electron chi connectivity index (χ3n) is 6.66. The first-order valence-corrected chi connectivity index (χ1v) is 11.4. The van der Waals surface area contributed by atoms with Gasteiger partial charge in [0.2, 0.25) is 0 Å². The smallest absolute Gasteiger partial charge is 0.405 e. The van der Waals surface area contributed by atoms with Crippen LogP contribution in [0.15, 0.2) is 47.4 Å². The Morgan fingerprint density at radius 3 is 2.37 bits per heavy atom. The molecule has 0 spiro atoms. The number of aryl methyl sites for hydroxylation is 1. The molecule has 2 aromatic carbocycles. The van der Waals surface area contributed by atoms with Crippen LogP contribution < -0.4 is 10.3 Å². The van der Waals surface area contributed by atoms with E-state index in [1.807, 2.05) is 0 Å². The lowest BCUT2D eigenvalue weighted by atomic mass is 9.86. The standard InChI is InChI=1S/C26H26F4N2O3/c1-15(2)16-8-10-32(11-9-16)25(34)20-6-4-17(12-23(20)35-26(28,29)30)22-14-31(3)24(33)21-13-18(27)5-7-19(21)22/h4-7,12-16H,8-11H2,1-3H3. The van der Waals surface area contributed by atoms with E-state index >= 15 is 0 Å². The maximum absolute atomic E-state index is 13.8. The summed E-state index contributed by atoms with van der Waals surface area (Å²) in [6.45, 7) is 5.17. The molecule has 0 atom stereocenters. The number of ether oxygens (including phenoxy) is 1. The van der Waals surface area contributed by atoms with Crippen LogP contribution in [0.4, 0.5) is 17.6 Å².